The molecule has 1 aliphatic rings. The molecule has 1 saturated heterocycles. The number of thioether (sulfide) groups is 1. The highest BCUT2D eigenvalue weighted by atomic mass is 32.2. The molecule has 0 spiro atoms. The van der Waals surface area contributed by atoms with Crippen molar-refractivity contribution >= 4 is 17.7 Å². The fourth-order valence-electron chi connectivity index (χ4n) is 1.61. The highest BCUT2D eigenvalue weighted by molar-refractivity contribution is 7.99. The van der Waals surface area contributed by atoms with E-state index in [1.54, 1.807) is 24.2 Å². The third-order valence-corrected chi connectivity index (χ3v) is 3.54. The van der Waals surface area contributed by atoms with Gasteiger partial charge in [-0.05, 0) is 24.6 Å². The zero-order valence-corrected chi connectivity index (χ0v) is 9.96. The van der Waals surface area contributed by atoms with Crippen molar-refractivity contribution in [3.63, 3.8) is 0 Å². The number of amides is 1. The first-order valence-corrected chi connectivity index (χ1v) is 6.44. The highest BCUT2D eigenvalue weighted by Crippen LogP contribution is 2.13. The molecule has 4 nitrogen and oxygen atoms in total. The zero-order chi connectivity index (χ0) is 11.4. The van der Waals surface area contributed by atoms with Gasteiger partial charge in [-0.2, -0.15) is 0 Å². The molecule has 1 fully saturated rings. The van der Waals surface area contributed by atoms with Crippen LogP contribution in [-0.2, 0) is 4.79 Å². The quantitative estimate of drug-likeness (QED) is 0.821. The molecule has 2 heterocycles. The Balaban J connectivity index is 1.92. The van der Waals surface area contributed by atoms with Crippen molar-refractivity contribution < 1.29 is 4.79 Å². The molecule has 1 aliphatic heterocycles. The number of carbonyl (C=O) groups excluding carboxylic acids is 1. The molecule has 5 heteroatoms. The number of nitrogens with zero attached hydrogens (tertiary/aromatic N) is 1. The fourth-order valence-corrected chi connectivity index (χ4v) is 2.55. The molecule has 1 aromatic rings. The largest absolute Gasteiger partial charge is 0.348 e. The number of hydrogen-bond acceptors (Lipinski definition) is 4. The average molecular weight is 237 g/mol. The Morgan fingerprint density at radius 3 is 3.00 bits per heavy atom. The van der Waals surface area contributed by atoms with E-state index in [0.29, 0.717) is 0 Å². The second-order valence-corrected chi connectivity index (χ2v) is 4.81. The fraction of sp³-hybridized carbons (Fsp3) is 0.455. The first-order chi connectivity index (χ1) is 7.77. The molecule has 1 unspecified atom stereocenters. The van der Waals surface area contributed by atoms with Crippen molar-refractivity contribution in [1.29, 1.82) is 0 Å². The Kier molecular flexibility index (Phi) is 3.79. The van der Waals surface area contributed by atoms with Crippen LogP contribution in [0.2, 0.25) is 0 Å². The summed E-state index contributed by atoms with van der Waals surface area (Å²) in [5.41, 5.74) is 1.08. The molecule has 0 radical (unpaired) electrons. The summed E-state index contributed by atoms with van der Waals surface area (Å²) in [6.45, 7) is 1.98. The topological polar surface area (TPSA) is 54.0 Å². The summed E-state index contributed by atoms with van der Waals surface area (Å²) in [6.07, 6.45) is 3.48. The van der Waals surface area contributed by atoms with Crippen molar-refractivity contribution in [1.82, 2.24) is 15.6 Å². The minimum atomic E-state index is -0.0470. The van der Waals surface area contributed by atoms with E-state index in [1.807, 2.05) is 19.1 Å². The van der Waals surface area contributed by atoms with Gasteiger partial charge < -0.3 is 5.32 Å². The van der Waals surface area contributed by atoms with E-state index in [1.165, 1.54) is 0 Å². The van der Waals surface area contributed by atoms with E-state index >= 15 is 0 Å². The van der Waals surface area contributed by atoms with Gasteiger partial charge in [0.15, 0.2) is 0 Å². The number of rotatable bonds is 3. The van der Waals surface area contributed by atoms with Crippen molar-refractivity contribution in [3.8, 4) is 0 Å². The van der Waals surface area contributed by atoms with Gasteiger partial charge in [-0.25, -0.2) is 0 Å². The van der Waals surface area contributed by atoms with Gasteiger partial charge in [0.1, 0.15) is 0 Å². The van der Waals surface area contributed by atoms with E-state index in [9.17, 15) is 4.79 Å². The van der Waals surface area contributed by atoms with Gasteiger partial charge in [0.05, 0.1) is 12.1 Å². The third kappa shape index (κ3) is 2.74. The van der Waals surface area contributed by atoms with E-state index in [0.717, 1.165) is 17.2 Å². The molecule has 0 bridgehead atoms. The van der Waals surface area contributed by atoms with Crippen LogP contribution in [0.15, 0.2) is 24.5 Å². The molecule has 1 aromatic heterocycles. The highest BCUT2D eigenvalue weighted by Gasteiger charge is 2.23. The second kappa shape index (κ2) is 5.32. The van der Waals surface area contributed by atoms with E-state index in [4.69, 9.17) is 0 Å². The summed E-state index contributed by atoms with van der Waals surface area (Å²) in [4.78, 5) is 15.8. The Morgan fingerprint density at radius 1 is 1.62 bits per heavy atom. The van der Waals surface area contributed by atoms with Gasteiger partial charge in [-0.3, -0.25) is 15.1 Å². The molecule has 0 aromatic carbocycles. The van der Waals surface area contributed by atoms with Crippen LogP contribution in [-0.4, -0.2) is 28.6 Å². The van der Waals surface area contributed by atoms with Crippen LogP contribution >= 0.6 is 11.8 Å². The molecule has 2 atom stereocenters. The summed E-state index contributed by atoms with van der Waals surface area (Å²) in [7, 11) is 0. The molecule has 86 valence electrons. The van der Waals surface area contributed by atoms with Crippen LogP contribution in [0, 0.1) is 0 Å². The third-order valence-electron chi connectivity index (χ3n) is 2.60. The lowest BCUT2D eigenvalue weighted by Crippen LogP contribution is -2.42. The minimum Gasteiger partial charge on any atom is -0.348 e. The molecule has 2 N–H and O–H groups in total. The summed E-state index contributed by atoms with van der Waals surface area (Å²) < 4.78 is 0. The SMILES string of the molecule is C[C@H](NC(=O)C1CSCN1)c1ccncc1. The molecular weight excluding hydrogens is 222 g/mol. The van der Waals surface area contributed by atoms with Gasteiger partial charge in [-0.15, -0.1) is 11.8 Å². The standard InChI is InChI=1S/C11H15N3OS/c1-8(9-2-4-12-5-3-9)14-11(15)10-6-16-7-13-10/h2-5,8,10,13H,6-7H2,1H3,(H,14,15)/t8-,10?/m0/s1. The van der Waals surface area contributed by atoms with Gasteiger partial charge in [0.2, 0.25) is 5.91 Å². The molecular formula is C11H15N3OS. The lowest BCUT2D eigenvalue weighted by Gasteiger charge is -2.16. The van der Waals surface area contributed by atoms with Crippen LogP contribution in [0.3, 0.4) is 0 Å². The average Bonchev–Trinajstić information content (AvgIpc) is 2.83. The Bertz CT molecular complexity index is 352. The van der Waals surface area contributed by atoms with Crippen molar-refractivity contribution in [2.75, 3.05) is 11.6 Å². The van der Waals surface area contributed by atoms with E-state index < -0.39 is 0 Å². The Morgan fingerprint density at radius 2 is 2.38 bits per heavy atom. The van der Waals surface area contributed by atoms with Crippen molar-refractivity contribution in [2.45, 2.75) is 19.0 Å². The zero-order valence-electron chi connectivity index (χ0n) is 9.14. The maximum absolute atomic E-state index is 11.8. The normalized spacial score (nSPS) is 21.7. The number of aromatic nitrogens is 1. The monoisotopic (exact) mass is 237 g/mol. The minimum absolute atomic E-state index is 0.0305. The Labute approximate surface area is 99.2 Å². The van der Waals surface area contributed by atoms with Gasteiger partial charge in [0, 0.05) is 24.0 Å². The van der Waals surface area contributed by atoms with E-state index in [-0.39, 0.29) is 18.0 Å². The summed E-state index contributed by atoms with van der Waals surface area (Å²) in [5.74, 6) is 1.80. The first kappa shape index (κ1) is 11.4. The summed E-state index contributed by atoms with van der Waals surface area (Å²) in [5, 5.41) is 6.15. The first-order valence-electron chi connectivity index (χ1n) is 5.29. The molecule has 0 aliphatic carbocycles. The maximum atomic E-state index is 11.8. The second-order valence-electron chi connectivity index (χ2n) is 3.78. The maximum Gasteiger partial charge on any atom is 0.238 e. The van der Waals surface area contributed by atoms with Crippen molar-refractivity contribution in [2.24, 2.45) is 0 Å². The van der Waals surface area contributed by atoms with Gasteiger partial charge in [0.25, 0.3) is 0 Å². The number of hydrogen-bond donors (Lipinski definition) is 2. The van der Waals surface area contributed by atoms with E-state index in [2.05, 4.69) is 15.6 Å². The van der Waals surface area contributed by atoms with Crippen LogP contribution in [0.5, 0.6) is 0 Å². The lowest BCUT2D eigenvalue weighted by molar-refractivity contribution is -0.123. The smallest absolute Gasteiger partial charge is 0.238 e. The molecule has 16 heavy (non-hydrogen) atoms. The van der Waals surface area contributed by atoms with Gasteiger partial charge in [-0.1, -0.05) is 0 Å². The number of pyridine rings is 1. The Hall–Kier alpha value is -1.07. The number of nitrogens with one attached hydrogen (secondary N) is 2. The predicted molar refractivity (Wildman–Crippen MR) is 65.0 cm³/mol. The van der Waals surface area contributed by atoms with Crippen molar-refractivity contribution in [3.05, 3.63) is 30.1 Å². The van der Waals surface area contributed by atoms with Crippen LogP contribution in [0.1, 0.15) is 18.5 Å². The summed E-state index contributed by atoms with van der Waals surface area (Å²) >= 11 is 1.75. The molecule has 1 amide bonds. The molecule has 2 rings (SSSR count). The van der Waals surface area contributed by atoms with Crippen LogP contribution in [0.25, 0.3) is 0 Å². The predicted octanol–water partition coefficient (Wildman–Crippen LogP) is 0.921. The van der Waals surface area contributed by atoms with Crippen LogP contribution in [0.4, 0.5) is 0 Å². The lowest BCUT2D eigenvalue weighted by atomic mass is 10.1. The number of carbonyl (C=O) groups is 1. The van der Waals surface area contributed by atoms with Gasteiger partial charge >= 0.3 is 0 Å². The molecule has 0 saturated carbocycles. The van der Waals surface area contributed by atoms with Crippen LogP contribution < -0.4 is 10.6 Å². The summed E-state index contributed by atoms with van der Waals surface area (Å²) in [6, 6.07) is 3.82.